The Bertz CT molecular complexity index is 1710. The molecular weight excluding hydrogens is 586 g/mol. The number of carbonyl (C=O) groups excluding carboxylic acids is 1. The molecule has 4 aromatic rings. The highest BCUT2D eigenvalue weighted by Gasteiger charge is 2.29. The van der Waals surface area contributed by atoms with Gasteiger partial charge in [0.2, 0.25) is 5.91 Å². The molecule has 3 aliphatic rings. The summed E-state index contributed by atoms with van der Waals surface area (Å²) < 4.78 is 12.2. The Morgan fingerprint density at radius 1 is 0.957 bits per heavy atom. The Morgan fingerprint density at radius 2 is 1.72 bits per heavy atom. The van der Waals surface area contributed by atoms with Gasteiger partial charge < -0.3 is 19.3 Å². The molecule has 5 heterocycles. The van der Waals surface area contributed by atoms with Crippen molar-refractivity contribution in [3.8, 4) is 22.8 Å². The van der Waals surface area contributed by atoms with Crippen LogP contribution in [-0.4, -0.2) is 69.8 Å². The third-order valence-corrected chi connectivity index (χ3v) is 10.3. The van der Waals surface area contributed by atoms with Crippen molar-refractivity contribution in [2.24, 2.45) is 5.92 Å². The van der Waals surface area contributed by atoms with E-state index in [0.717, 1.165) is 103 Å². The van der Waals surface area contributed by atoms with Gasteiger partial charge in [-0.25, -0.2) is 0 Å². The highest BCUT2D eigenvalue weighted by Crippen LogP contribution is 2.36. The van der Waals surface area contributed by atoms with Crippen LogP contribution >= 0.6 is 0 Å². The number of rotatable bonds is 8. The van der Waals surface area contributed by atoms with Crippen LogP contribution in [0.2, 0.25) is 0 Å². The molecular formula is C39H47N5O3. The summed E-state index contributed by atoms with van der Waals surface area (Å²) in [5, 5.41) is 9.95. The summed E-state index contributed by atoms with van der Waals surface area (Å²) in [4.78, 5) is 22.7. The van der Waals surface area contributed by atoms with Gasteiger partial charge in [0.1, 0.15) is 11.5 Å². The fourth-order valence-electron chi connectivity index (χ4n) is 7.48. The van der Waals surface area contributed by atoms with Crippen molar-refractivity contribution in [2.45, 2.75) is 84.2 Å². The molecule has 2 aromatic carbocycles. The molecule has 3 fully saturated rings. The van der Waals surface area contributed by atoms with E-state index in [-0.39, 0.29) is 5.91 Å². The molecule has 0 bridgehead atoms. The number of hydrogen-bond donors (Lipinski definition) is 0. The van der Waals surface area contributed by atoms with Gasteiger partial charge in [0.05, 0.1) is 16.9 Å². The van der Waals surface area contributed by atoms with Crippen molar-refractivity contribution in [3.63, 3.8) is 0 Å². The number of ether oxygens (including phenoxy) is 2. The second-order valence-electron chi connectivity index (χ2n) is 14.2. The second-order valence-corrected chi connectivity index (χ2v) is 14.2. The molecule has 0 aliphatic carbocycles. The number of aryl methyl sites for hydroxylation is 1. The SMILES string of the molecule is Cc1cc(C2CCN(C3CCOCC3)CC2)nc2cc(Oc3ccc(-c4ccc(C(C)C)nn4)cc3)c(CN3C[C@@H](C)CC3=O)cc12. The molecule has 7 rings (SSSR count). The monoisotopic (exact) mass is 633 g/mol. The molecule has 47 heavy (non-hydrogen) atoms. The van der Waals surface area contributed by atoms with Crippen LogP contribution in [0.1, 0.15) is 87.2 Å². The number of amides is 1. The zero-order valence-corrected chi connectivity index (χ0v) is 28.2. The summed E-state index contributed by atoms with van der Waals surface area (Å²) in [7, 11) is 0. The van der Waals surface area contributed by atoms with Crippen LogP contribution in [0.5, 0.6) is 11.5 Å². The summed E-state index contributed by atoms with van der Waals surface area (Å²) in [5.74, 6) is 2.84. The second kappa shape index (κ2) is 13.7. The summed E-state index contributed by atoms with van der Waals surface area (Å²) in [6, 6.07) is 19.3. The molecule has 8 heteroatoms. The van der Waals surface area contributed by atoms with Gasteiger partial charge >= 0.3 is 0 Å². The van der Waals surface area contributed by atoms with Crippen LogP contribution in [0.15, 0.2) is 54.6 Å². The summed E-state index contributed by atoms with van der Waals surface area (Å²) in [5.41, 5.74) is 7.15. The lowest BCUT2D eigenvalue weighted by molar-refractivity contribution is -0.128. The molecule has 0 N–H and O–H groups in total. The fraction of sp³-hybridized carbons (Fsp3) is 0.487. The van der Waals surface area contributed by atoms with E-state index in [4.69, 9.17) is 14.5 Å². The molecule has 3 saturated heterocycles. The predicted octanol–water partition coefficient (Wildman–Crippen LogP) is 7.64. The molecule has 0 spiro atoms. The lowest BCUT2D eigenvalue weighted by Gasteiger charge is -2.39. The zero-order valence-electron chi connectivity index (χ0n) is 28.2. The van der Waals surface area contributed by atoms with Gasteiger partial charge in [0.15, 0.2) is 0 Å². The average Bonchev–Trinajstić information content (AvgIpc) is 3.41. The highest BCUT2D eigenvalue weighted by atomic mass is 16.5. The van der Waals surface area contributed by atoms with Crippen LogP contribution < -0.4 is 4.74 Å². The first-order valence-electron chi connectivity index (χ1n) is 17.5. The molecule has 2 aromatic heterocycles. The number of fused-ring (bicyclic) bond motifs is 1. The average molecular weight is 634 g/mol. The number of likely N-dealkylation sites (tertiary alicyclic amines) is 2. The minimum Gasteiger partial charge on any atom is -0.457 e. The molecule has 8 nitrogen and oxygen atoms in total. The molecule has 3 aliphatic heterocycles. The van der Waals surface area contributed by atoms with E-state index in [1.807, 2.05) is 41.3 Å². The summed E-state index contributed by atoms with van der Waals surface area (Å²) in [6.45, 7) is 13.9. The maximum absolute atomic E-state index is 12.8. The third-order valence-electron chi connectivity index (χ3n) is 10.3. The molecule has 1 amide bonds. The van der Waals surface area contributed by atoms with Gasteiger partial charge in [0.25, 0.3) is 0 Å². The van der Waals surface area contributed by atoms with Gasteiger partial charge in [-0.15, -0.1) is 0 Å². The number of piperidine rings is 1. The Labute approximate surface area is 278 Å². The molecule has 1 atom stereocenters. The normalized spacial score (nSPS) is 20.1. The molecule has 0 radical (unpaired) electrons. The van der Waals surface area contributed by atoms with Crippen LogP contribution in [0.3, 0.4) is 0 Å². The van der Waals surface area contributed by atoms with E-state index >= 15 is 0 Å². The number of nitrogens with zero attached hydrogens (tertiary/aromatic N) is 5. The Balaban J connectivity index is 1.15. The van der Waals surface area contributed by atoms with Crippen LogP contribution in [-0.2, 0) is 16.1 Å². The highest BCUT2D eigenvalue weighted by molar-refractivity contribution is 5.85. The van der Waals surface area contributed by atoms with Gasteiger partial charge in [-0.3, -0.25) is 9.78 Å². The minimum atomic E-state index is 0.204. The predicted molar refractivity (Wildman–Crippen MR) is 185 cm³/mol. The summed E-state index contributed by atoms with van der Waals surface area (Å²) >= 11 is 0. The van der Waals surface area contributed by atoms with Crippen LogP contribution in [0.25, 0.3) is 22.2 Å². The van der Waals surface area contributed by atoms with Crippen molar-refractivity contribution in [2.75, 3.05) is 32.8 Å². The lowest BCUT2D eigenvalue weighted by atomic mass is 9.90. The lowest BCUT2D eigenvalue weighted by Crippen LogP contribution is -2.43. The number of carbonyl (C=O) groups is 1. The van der Waals surface area contributed by atoms with Crippen LogP contribution in [0, 0.1) is 12.8 Å². The molecule has 246 valence electrons. The first-order chi connectivity index (χ1) is 22.8. The van der Waals surface area contributed by atoms with Gasteiger partial charge in [-0.1, -0.05) is 20.8 Å². The number of pyridine rings is 1. The van der Waals surface area contributed by atoms with Crippen molar-refractivity contribution in [1.29, 1.82) is 0 Å². The maximum atomic E-state index is 12.8. The van der Waals surface area contributed by atoms with Crippen molar-refractivity contribution in [1.82, 2.24) is 25.0 Å². The standard InChI is InChI=1S/C39H47N5O3/c1-25(2)34-9-10-35(42-41-34)28-5-7-32(8-6-28)47-38-22-37-33(21-30(38)24-44-23-26(3)19-39(44)45)27(4)20-36(40-37)29-11-15-43(16-12-29)31-13-17-46-18-14-31/h5-10,20-22,25-26,29,31H,11-19,23-24H2,1-4H3/t26-/m0/s1. The van der Waals surface area contributed by atoms with E-state index < -0.39 is 0 Å². The van der Waals surface area contributed by atoms with Gasteiger partial charge in [-0.05, 0) is 112 Å². The Morgan fingerprint density at radius 3 is 2.38 bits per heavy atom. The number of hydrogen-bond acceptors (Lipinski definition) is 7. The van der Waals surface area contributed by atoms with E-state index in [1.54, 1.807) is 0 Å². The summed E-state index contributed by atoms with van der Waals surface area (Å²) in [6.07, 6.45) is 5.15. The van der Waals surface area contributed by atoms with Crippen molar-refractivity contribution < 1.29 is 14.3 Å². The number of benzene rings is 2. The molecule has 0 unspecified atom stereocenters. The van der Waals surface area contributed by atoms with E-state index in [1.165, 1.54) is 11.3 Å². The van der Waals surface area contributed by atoms with E-state index in [9.17, 15) is 4.79 Å². The molecule has 0 saturated carbocycles. The van der Waals surface area contributed by atoms with E-state index in [0.29, 0.717) is 36.8 Å². The maximum Gasteiger partial charge on any atom is 0.223 e. The first kappa shape index (κ1) is 31.7. The first-order valence-corrected chi connectivity index (χ1v) is 17.5. The number of aromatic nitrogens is 3. The smallest absolute Gasteiger partial charge is 0.223 e. The largest absolute Gasteiger partial charge is 0.457 e. The fourth-order valence-corrected chi connectivity index (χ4v) is 7.48. The zero-order chi connectivity index (χ0) is 32.5. The Hall–Kier alpha value is -3.88. The quantitative estimate of drug-likeness (QED) is 0.197. The van der Waals surface area contributed by atoms with Crippen LogP contribution in [0.4, 0.5) is 0 Å². The van der Waals surface area contributed by atoms with E-state index in [2.05, 4.69) is 61.0 Å². The topological polar surface area (TPSA) is 80.7 Å². The van der Waals surface area contributed by atoms with Gasteiger partial charge in [-0.2, -0.15) is 10.2 Å². The van der Waals surface area contributed by atoms with Gasteiger partial charge in [0, 0.05) is 73.0 Å². The van der Waals surface area contributed by atoms with Crippen molar-refractivity contribution in [3.05, 3.63) is 77.1 Å². The third kappa shape index (κ3) is 7.04. The minimum absolute atomic E-state index is 0.204. The van der Waals surface area contributed by atoms with Crippen molar-refractivity contribution >= 4 is 16.8 Å². The Kier molecular flexibility index (Phi) is 9.24.